The fraction of sp³-hybridized carbons (Fsp3) is 0.0714. The normalized spacial score (nSPS) is 10.3. The van der Waals surface area contributed by atoms with Gasteiger partial charge in [0, 0.05) is 11.3 Å². The molecule has 6 heteroatoms. The first kappa shape index (κ1) is 14.5. The number of ether oxygens (including phenoxy) is 1. The highest BCUT2D eigenvalue weighted by Gasteiger charge is 2.15. The van der Waals surface area contributed by atoms with Gasteiger partial charge in [-0.05, 0) is 18.2 Å². The number of nitrogen functional groups attached to an aromatic ring is 1. The molecule has 104 valence electrons. The van der Waals surface area contributed by atoms with Gasteiger partial charge in [-0.15, -0.1) is 0 Å². The summed E-state index contributed by atoms with van der Waals surface area (Å²) < 4.78 is 5.52. The third-order valence-corrected chi connectivity index (χ3v) is 3.28. The molecular weight excluding hydrogens is 301 g/mol. The molecule has 0 heterocycles. The lowest BCUT2D eigenvalue weighted by molar-refractivity contribution is 0.0695. The van der Waals surface area contributed by atoms with Crippen LogP contribution in [0, 0.1) is 0 Å². The SMILES string of the molecule is Nc1cccc(COc2c(Cl)cccc2Cl)c1C(=O)O. The van der Waals surface area contributed by atoms with Crippen molar-refractivity contribution in [1.82, 2.24) is 0 Å². The molecule has 0 spiro atoms. The molecule has 0 unspecified atom stereocenters. The average molecular weight is 312 g/mol. The molecule has 0 fully saturated rings. The molecule has 0 amide bonds. The summed E-state index contributed by atoms with van der Waals surface area (Å²) in [5.74, 6) is -0.790. The summed E-state index contributed by atoms with van der Waals surface area (Å²) in [7, 11) is 0. The highest BCUT2D eigenvalue weighted by atomic mass is 35.5. The van der Waals surface area contributed by atoms with Gasteiger partial charge in [0.2, 0.25) is 0 Å². The van der Waals surface area contributed by atoms with Crippen molar-refractivity contribution >= 4 is 34.9 Å². The molecule has 4 nitrogen and oxygen atoms in total. The van der Waals surface area contributed by atoms with E-state index in [1.54, 1.807) is 30.3 Å². The zero-order valence-corrected chi connectivity index (χ0v) is 11.8. The van der Waals surface area contributed by atoms with Crippen molar-refractivity contribution in [3.05, 3.63) is 57.6 Å². The molecule has 2 rings (SSSR count). The van der Waals surface area contributed by atoms with Gasteiger partial charge in [0.05, 0.1) is 15.6 Å². The van der Waals surface area contributed by atoms with Crippen molar-refractivity contribution in [2.45, 2.75) is 6.61 Å². The number of rotatable bonds is 4. The molecule has 0 aromatic heterocycles. The third-order valence-electron chi connectivity index (χ3n) is 2.69. The average Bonchev–Trinajstić information content (AvgIpc) is 2.37. The maximum absolute atomic E-state index is 11.2. The highest BCUT2D eigenvalue weighted by Crippen LogP contribution is 2.33. The van der Waals surface area contributed by atoms with E-state index in [1.165, 1.54) is 6.07 Å². The van der Waals surface area contributed by atoms with E-state index in [4.69, 9.17) is 38.8 Å². The lowest BCUT2D eigenvalue weighted by atomic mass is 10.1. The first-order chi connectivity index (χ1) is 9.50. The zero-order chi connectivity index (χ0) is 14.7. The Morgan fingerprint density at radius 1 is 1.15 bits per heavy atom. The maximum Gasteiger partial charge on any atom is 0.338 e. The summed E-state index contributed by atoms with van der Waals surface area (Å²) >= 11 is 12.0. The Balaban J connectivity index is 2.28. The number of carboxylic acids is 1. The fourth-order valence-corrected chi connectivity index (χ4v) is 2.28. The Kier molecular flexibility index (Phi) is 4.37. The van der Waals surface area contributed by atoms with E-state index in [1.807, 2.05) is 0 Å². The van der Waals surface area contributed by atoms with Crippen LogP contribution in [-0.4, -0.2) is 11.1 Å². The number of para-hydroxylation sites is 1. The number of hydrogen-bond acceptors (Lipinski definition) is 3. The van der Waals surface area contributed by atoms with E-state index in [0.29, 0.717) is 21.4 Å². The van der Waals surface area contributed by atoms with E-state index in [-0.39, 0.29) is 17.9 Å². The van der Waals surface area contributed by atoms with Crippen LogP contribution >= 0.6 is 23.2 Å². The van der Waals surface area contributed by atoms with Crippen LogP contribution < -0.4 is 10.5 Å². The van der Waals surface area contributed by atoms with Gasteiger partial charge in [-0.2, -0.15) is 0 Å². The van der Waals surface area contributed by atoms with Crippen molar-refractivity contribution in [2.75, 3.05) is 5.73 Å². The van der Waals surface area contributed by atoms with Gasteiger partial charge in [0.25, 0.3) is 0 Å². The molecular formula is C14H11Cl2NO3. The molecule has 2 aromatic carbocycles. The Morgan fingerprint density at radius 2 is 1.75 bits per heavy atom. The van der Waals surface area contributed by atoms with Crippen molar-refractivity contribution in [3.63, 3.8) is 0 Å². The van der Waals surface area contributed by atoms with Crippen LogP contribution in [0.3, 0.4) is 0 Å². The van der Waals surface area contributed by atoms with Gasteiger partial charge >= 0.3 is 5.97 Å². The van der Waals surface area contributed by atoms with E-state index in [2.05, 4.69) is 0 Å². The number of nitrogens with two attached hydrogens (primary N) is 1. The van der Waals surface area contributed by atoms with Crippen molar-refractivity contribution in [2.24, 2.45) is 0 Å². The topological polar surface area (TPSA) is 72.5 Å². The highest BCUT2D eigenvalue weighted by molar-refractivity contribution is 6.37. The van der Waals surface area contributed by atoms with Crippen LogP contribution in [-0.2, 0) is 6.61 Å². The number of carbonyl (C=O) groups is 1. The molecule has 0 bridgehead atoms. The van der Waals surface area contributed by atoms with Gasteiger partial charge in [-0.25, -0.2) is 4.79 Å². The van der Waals surface area contributed by atoms with Crippen LogP contribution in [0.5, 0.6) is 5.75 Å². The smallest absolute Gasteiger partial charge is 0.338 e. The molecule has 0 aliphatic heterocycles. The zero-order valence-electron chi connectivity index (χ0n) is 10.3. The van der Waals surface area contributed by atoms with Gasteiger partial charge < -0.3 is 15.6 Å². The van der Waals surface area contributed by atoms with Crippen LogP contribution in [0.4, 0.5) is 5.69 Å². The van der Waals surface area contributed by atoms with Gasteiger partial charge in [0.15, 0.2) is 5.75 Å². The minimum Gasteiger partial charge on any atom is -0.486 e. The Hall–Kier alpha value is -1.91. The lowest BCUT2D eigenvalue weighted by Crippen LogP contribution is -2.09. The Labute approximate surface area is 125 Å². The van der Waals surface area contributed by atoms with Crippen LogP contribution in [0.2, 0.25) is 10.0 Å². The third kappa shape index (κ3) is 2.98. The summed E-state index contributed by atoms with van der Waals surface area (Å²) in [6, 6.07) is 9.79. The molecule has 2 aromatic rings. The van der Waals surface area contributed by atoms with Crippen LogP contribution in [0.15, 0.2) is 36.4 Å². The number of benzene rings is 2. The number of aromatic carboxylic acids is 1. The van der Waals surface area contributed by atoms with E-state index in [9.17, 15) is 4.79 Å². The molecule has 0 radical (unpaired) electrons. The lowest BCUT2D eigenvalue weighted by Gasteiger charge is -2.12. The summed E-state index contributed by atoms with van der Waals surface area (Å²) in [6.07, 6.45) is 0. The van der Waals surface area contributed by atoms with Crippen molar-refractivity contribution < 1.29 is 14.6 Å². The van der Waals surface area contributed by atoms with Gasteiger partial charge in [-0.3, -0.25) is 0 Å². The largest absolute Gasteiger partial charge is 0.486 e. The number of carboxylic acid groups (broad SMARTS) is 1. The van der Waals surface area contributed by atoms with Crippen molar-refractivity contribution in [1.29, 1.82) is 0 Å². The number of hydrogen-bond donors (Lipinski definition) is 2. The minimum absolute atomic E-state index is 0.0100. The molecule has 0 aliphatic carbocycles. The summed E-state index contributed by atoms with van der Waals surface area (Å²) in [4.78, 5) is 11.2. The van der Waals surface area contributed by atoms with Crippen molar-refractivity contribution in [3.8, 4) is 5.75 Å². The second kappa shape index (κ2) is 6.03. The molecule has 0 atom stereocenters. The standard InChI is InChI=1S/C14H11Cl2NO3/c15-9-4-2-5-10(16)13(9)20-7-8-3-1-6-11(17)12(8)14(18)19/h1-6H,7,17H2,(H,18,19). The first-order valence-corrected chi connectivity index (χ1v) is 6.43. The van der Waals surface area contributed by atoms with E-state index in [0.717, 1.165) is 0 Å². The molecule has 20 heavy (non-hydrogen) atoms. The molecule has 0 saturated carbocycles. The predicted octanol–water partition coefficient (Wildman–Crippen LogP) is 3.85. The van der Waals surface area contributed by atoms with Crippen LogP contribution in [0.1, 0.15) is 15.9 Å². The number of anilines is 1. The van der Waals surface area contributed by atoms with E-state index < -0.39 is 5.97 Å². The van der Waals surface area contributed by atoms with Gasteiger partial charge in [-0.1, -0.05) is 41.4 Å². The van der Waals surface area contributed by atoms with Crippen LogP contribution in [0.25, 0.3) is 0 Å². The minimum atomic E-state index is -1.10. The second-order valence-corrected chi connectivity index (χ2v) is 4.84. The molecule has 0 saturated heterocycles. The summed E-state index contributed by atoms with van der Waals surface area (Å²) in [5, 5.41) is 9.88. The Bertz CT molecular complexity index is 639. The second-order valence-electron chi connectivity index (χ2n) is 4.03. The Morgan fingerprint density at radius 3 is 2.35 bits per heavy atom. The molecule has 3 N–H and O–H groups in total. The quantitative estimate of drug-likeness (QED) is 0.841. The first-order valence-electron chi connectivity index (χ1n) is 5.68. The maximum atomic E-state index is 11.2. The monoisotopic (exact) mass is 311 g/mol. The van der Waals surface area contributed by atoms with Gasteiger partial charge in [0.1, 0.15) is 6.61 Å². The summed E-state index contributed by atoms with van der Waals surface area (Å²) in [5.41, 5.74) is 6.32. The number of halogens is 2. The predicted molar refractivity (Wildman–Crippen MR) is 78.6 cm³/mol. The molecule has 0 aliphatic rings. The fourth-order valence-electron chi connectivity index (χ4n) is 1.77. The summed E-state index contributed by atoms with van der Waals surface area (Å²) in [6.45, 7) is 0.0100. The van der Waals surface area contributed by atoms with E-state index >= 15 is 0 Å².